The van der Waals surface area contributed by atoms with E-state index in [4.69, 9.17) is 10.5 Å². The number of nitrogens with one attached hydrogen (secondary N) is 1. The summed E-state index contributed by atoms with van der Waals surface area (Å²) in [6, 6.07) is 8.01. The molecule has 0 bridgehead atoms. The van der Waals surface area contributed by atoms with Crippen LogP contribution < -0.4 is 15.8 Å². The Labute approximate surface area is 196 Å². The monoisotopic (exact) mass is 488 g/mol. The number of alkyl halides is 3. The third-order valence-corrected chi connectivity index (χ3v) is 5.08. The maximum Gasteiger partial charge on any atom is 0.435 e. The molecule has 3 N–H and O–H groups in total. The maximum absolute atomic E-state index is 14.1. The van der Waals surface area contributed by atoms with Crippen molar-refractivity contribution in [3.63, 3.8) is 0 Å². The summed E-state index contributed by atoms with van der Waals surface area (Å²) >= 11 is 0. The molecule has 4 rings (SSSR count). The SMILES string of the molecule is CCOc1ncc(Cn2cc(C(=O)NCc3ccc4c(N)nccc4c3)c(C(F)(F)F)n2)cc1F. The van der Waals surface area contributed by atoms with Gasteiger partial charge in [0.05, 0.1) is 18.7 Å². The lowest BCUT2D eigenvalue weighted by molar-refractivity contribution is -0.141. The third-order valence-electron chi connectivity index (χ3n) is 5.08. The van der Waals surface area contributed by atoms with Crippen LogP contribution in [-0.2, 0) is 19.3 Å². The zero-order valence-corrected chi connectivity index (χ0v) is 18.4. The molecule has 0 aliphatic heterocycles. The van der Waals surface area contributed by atoms with Crippen molar-refractivity contribution in [1.29, 1.82) is 0 Å². The Hall–Kier alpha value is -4.22. The average molecular weight is 488 g/mol. The van der Waals surface area contributed by atoms with Crippen LogP contribution in [0.25, 0.3) is 10.8 Å². The van der Waals surface area contributed by atoms with E-state index < -0.39 is 29.2 Å². The zero-order chi connectivity index (χ0) is 25.2. The first kappa shape index (κ1) is 23.9. The van der Waals surface area contributed by atoms with Gasteiger partial charge in [0.25, 0.3) is 5.91 Å². The summed E-state index contributed by atoms with van der Waals surface area (Å²) in [5.74, 6) is -1.56. The van der Waals surface area contributed by atoms with Crippen LogP contribution in [0, 0.1) is 5.82 Å². The van der Waals surface area contributed by atoms with E-state index in [-0.39, 0.29) is 31.1 Å². The van der Waals surface area contributed by atoms with Gasteiger partial charge in [-0.1, -0.05) is 12.1 Å². The van der Waals surface area contributed by atoms with Crippen LogP contribution in [0.15, 0.2) is 48.9 Å². The lowest BCUT2D eigenvalue weighted by Gasteiger charge is -2.08. The van der Waals surface area contributed by atoms with Crippen LogP contribution in [0.2, 0.25) is 0 Å². The zero-order valence-electron chi connectivity index (χ0n) is 18.4. The van der Waals surface area contributed by atoms with E-state index >= 15 is 0 Å². The molecule has 0 unspecified atom stereocenters. The minimum absolute atomic E-state index is 0.0203. The Morgan fingerprint density at radius 2 is 1.97 bits per heavy atom. The number of nitrogens with two attached hydrogens (primary N) is 1. The molecule has 0 aliphatic rings. The van der Waals surface area contributed by atoms with Crippen LogP contribution >= 0.6 is 0 Å². The largest absolute Gasteiger partial charge is 0.476 e. The first-order valence-electron chi connectivity index (χ1n) is 10.5. The quantitative estimate of drug-likeness (QED) is 0.382. The van der Waals surface area contributed by atoms with Crippen molar-refractivity contribution in [1.82, 2.24) is 25.1 Å². The second-order valence-corrected chi connectivity index (χ2v) is 7.58. The number of hydrogen-bond donors (Lipinski definition) is 2. The summed E-state index contributed by atoms with van der Waals surface area (Å²) in [6.07, 6.45) is -1.09. The van der Waals surface area contributed by atoms with Crippen LogP contribution in [0.4, 0.5) is 23.4 Å². The van der Waals surface area contributed by atoms with Gasteiger partial charge in [-0.3, -0.25) is 9.48 Å². The van der Waals surface area contributed by atoms with Gasteiger partial charge >= 0.3 is 6.18 Å². The number of aromatic nitrogens is 4. The fourth-order valence-electron chi connectivity index (χ4n) is 3.50. The maximum atomic E-state index is 14.1. The molecule has 0 fully saturated rings. The summed E-state index contributed by atoms with van der Waals surface area (Å²) in [5.41, 5.74) is 4.74. The van der Waals surface area contributed by atoms with Crippen LogP contribution in [-0.4, -0.2) is 32.3 Å². The highest BCUT2D eigenvalue weighted by atomic mass is 19.4. The summed E-state index contributed by atoms with van der Waals surface area (Å²) in [7, 11) is 0. The number of benzene rings is 1. The summed E-state index contributed by atoms with van der Waals surface area (Å²) in [6.45, 7) is 1.62. The molecule has 0 spiro atoms. The van der Waals surface area contributed by atoms with Crippen molar-refractivity contribution in [3.8, 4) is 5.88 Å². The summed E-state index contributed by atoms with van der Waals surface area (Å²) in [5, 5.41) is 7.51. The summed E-state index contributed by atoms with van der Waals surface area (Å²) < 4.78 is 60.7. The van der Waals surface area contributed by atoms with Gasteiger partial charge in [0.2, 0.25) is 5.88 Å². The van der Waals surface area contributed by atoms with E-state index in [9.17, 15) is 22.4 Å². The first-order chi connectivity index (χ1) is 16.7. The predicted octanol–water partition coefficient (Wildman–Crippen LogP) is 3.94. The Morgan fingerprint density at radius 1 is 1.17 bits per heavy atom. The van der Waals surface area contributed by atoms with Crippen molar-refractivity contribution in [2.24, 2.45) is 0 Å². The topological polar surface area (TPSA) is 108 Å². The van der Waals surface area contributed by atoms with Gasteiger partial charge in [-0.2, -0.15) is 18.3 Å². The standard InChI is InChI=1S/C23H20F4N6O2/c1-2-35-22-18(24)8-14(10-31-22)11-33-12-17(19(32-33)23(25,26)27)21(34)30-9-13-3-4-16-15(7-13)5-6-29-20(16)28/h3-8,10,12H,2,9,11H2,1H3,(H2,28,29)(H,30,34). The summed E-state index contributed by atoms with van der Waals surface area (Å²) in [4.78, 5) is 20.5. The Kier molecular flexibility index (Phi) is 6.54. The number of amides is 1. The highest BCUT2D eigenvalue weighted by Gasteiger charge is 2.39. The van der Waals surface area contributed by atoms with E-state index in [1.54, 1.807) is 31.2 Å². The van der Waals surface area contributed by atoms with Crippen molar-refractivity contribution < 1.29 is 27.1 Å². The predicted molar refractivity (Wildman–Crippen MR) is 119 cm³/mol. The highest BCUT2D eigenvalue weighted by Crippen LogP contribution is 2.31. The number of pyridine rings is 2. The number of halogens is 4. The molecule has 0 saturated heterocycles. The average Bonchev–Trinajstić information content (AvgIpc) is 3.24. The lowest BCUT2D eigenvalue weighted by Crippen LogP contribution is -2.25. The molecule has 0 radical (unpaired) electrons. The molecule has 3 aromatic heterocycles. The number of anilines is 1. The van der Waals surface area contributed by atoms with Crippen LogP contribution in [0.1, 0.15) is 34.1 Å². The van der Waals surface area contributed by atoms with Gasteiger partial charge in [-0.25, -0.2) is 14.4 Å². The van der Waals surface area contributed by atoms with E-state index in [0.717, 1.165) is 27.7 Å². The lowest BCUT2D eigenvalue weighted by atomic mass is 10.1. The van der Waals surface area contributed by atoms with Crippen molar-refractivity contribution >= 4 is 22.5 Å². The molecule has 1 amide bonds. The molecule has 0 aliphatic carbocycles. The second-order valence-electron chi connectivity index (χ2n) is 7.58. The van der Waals surface area contributed by atoms with Gasteiger partial charge in [0, 0.05) is 30.5 Å². The minimum Gasteiger partial charge on any atom is -0.476 e. The van der Waals surface area contributed by atoms with Gasteiger partial charge in [-0.15, -0.1) is 0 Å². The Bertz CT molecular complexity index is 1390. The molecular formula is C23H20F4N6O2. The smallest absolute Gasteiger partial charge is 0.435 e. The van der Waals surface area contributed by atoms with Crippen LogP contribution in [0.3, 0.4) is 0 Å². The number of carbonyl (C=O) groups excluding carboxylic acids is 1. The normalized spacial score (nSPS) is 11.6. The molecule has 35 heavy (non-hydrogen) atoms. The fraction of sp³-hybridized carbons (Fsp3) is 0.217. The highest BCUT2D eigenvalue weighted by molar-refractivity contribution is 5.95. The third kappa shape index (κ3) is 5.31. The van der Waals surface area contributed by atoms with E-state index in [2.05, 4.69) is 20.4 Å². The Balaban J connectivity index is 1.53. The molecule has 8 nitrogen and oxygen atoms in total. The molecule has 0 saturated carbocycles. The van der Waals surface area contributed by atoms with E-state index in [1.807, 2.05) is 0 Å². The number of fused-ring (bicyclic) bond motifs is 1. The first-order valence-corrected chi connectivity index (χ1v) is 10.5. The molecular weight excluding hydrogens is 468 g/mol. The van der Waals surface area contributed by atoms with Gasteiger partial charge in [0.1, 0.15) is 5.82 Å². The van der Waals surface area contributed by atoms with E-state index in [0.29, 0.717) is 11.4 Å². The minimum atomic E-state index is -4.87. The van der Waals surface area contributed by atoms with Gasteiger partial charge in [0.15, 0.2) is 11.5 Å². The molecule has 1 aromatic carbocycles. The van der Waals surface area contributed by atoms with Crippen molar-refractivity contribution in [2.45, 2.75) is 26.2 Å². The number of carbonyl (C=O) groups is 1. The van der Waals surface area contributed by atoms with Crippen molar-refractivity contribution in [2.75, 3.05) is 12.3 Å². The molecule has 3 heterocycles. The number of nitrogen functional groups attached to an aromatic ring is 1. The van der Waals surface area contributed by atoms with Gasteiger partial charge < -0.3 is 15.8 Å². The number of hydrogen-bond acceptors (Lipinski definition) is 6. The molecule has 0 atom stereocenters. The molecule has 12 heteroatoms. The second kappa shape index (κ2) is 9.57. The Morgan fingerprint density at radius 3 is 2.69 bits per heavy atom. The number of ether oxygens (including phenoxy) is 1. The van der Waals surface area contributed by atoms with Crippen LogP contribution in [0.5, 0.6) is 5.88 Å². The fourth-order valence-corrected chi connectivity index (χ4v) is 3.50. The van der Waals surface area contributed by atoms with Gasteiger partial charge in [-0.05, 0) is 41.6 Å². The number of rotatable bonds is 7. The molecule has 182 valence electrons. The van der Waals surface area contributed by atoms with Crippen molar-refractivity contribution in [3.05, 3.63) is 77.1 Å². The van der Waals surface area contributed by atoms with E-state index in [1.165, 1.54) is 12.4 Å². The number of nitrogens with zero attached hydrogens (tertiary/aromatic N) is 4. The molecule has 4 aromatic rings.